The van der Waals surface area contributed by atoms with Crippen molar-refractivity contribution in [1.29, 1.82) is 0 Å². The van der Waals surface area contributed by atoms with Crippen LogP contribution in [0.5, 0.6) is 0 Å². The van der Waals surface area contributed by atoms with Gasteiger partial charge in [-0.2, -0.15) is 0 Å². The zero-order chi connectivity index (χ0) is 60.5. The average molecular weight is 1190 g/mol. The summed E-state index contributed by atoms with van der Waals surface area (Å²) in [5.74, 6) is -0.140. The minimum Gasteiger partial charge on any atom is -0.391 e. The number of likely N-dealkylation sites (N-methyl/N-ethyl adjacent to an activating group) is 1. The molecule has 0 bridgehead atoms. The molecule has 0 aromatic carbocycles. The summed E-state index contributed by atoms with van der Waals surface area (Å²) >= 11 is 0. The van der Waals surface area contributed by atoms with Crippen LogP contribution in [0.1, 0.15) is 354 Å². The van der Waals surface area contributed by atoms with Gasteiger partial charge in [0.25, 0.3) is 0 Å². The van der Waals surface area contributed by atoms with Crippen molar-refractivity contribution in [2.24, 2.45) is 0 Å². The molecule has 0 aromatic rings. The topological polar surface area (TPSA) is 105 Å². The number of allylic oxidation sites excluding steroid dienone is 10. The average Bonchev–Trinajstić information content (AvgIpc) is 3.49. The Balaban J connectivity index is 4.01. The summed E-state index contributed by atoms with van der Waals surface area (Å²) in [5, 5.41) is 14.2. The van der Waals surface area contributed by atoms with Crippen LogP contribution in [0.3, 0.4) is 0 Å². The van der Waals surface area contributed by atoms with Crippen molar-refractivity contribution >= 4 is 13.7 Å². The highest BCUT2D eigenvalue weighted by Gasteiger charge is 2.28. The molecule has 488 valence electrons. The van der Waals surface area contributed by atoms with E-state index in [4.69, 9.17) is 9.05 Å². The zero-order valence-corrected chi connectivity index (χ0v) is 56.8. The van der Waals surface area contributed by atoms with Crippen LogP contribution in [0.25, 0.3) is 0 Å². The number of rotatable bonds is 67. The van der Waals surface area contributed by atoms with Gasteiger partial charge in [-0.05, 0) is 57.8 Å². The van der Waals surface area contributed by atoms with Crippen LogP contribution in [0, 0.1) is 0 Å². The van der Waals surface area contributed by atoms with Crippen LogP contribution < -0.4 is 5.32 Å². The van der Waals surface area contributed by atoms with Crippen molar-refractivity contribution in [3.05, 3.63) is 60.8 Å². The summed E-state index contributed by atoms with van der Waals surface area (Å²) in [6.45, 7) is 4.82. The second-order valence-corrected chi connectivity index (χ2v) is 27.4. The van der Waals surface area contributed by atoms with Crippen LogP contribution in [0.15, 0.2) is 60.8 Å². The number of hydrogen-bond acceptors (Lipinski definition) is 5. The van der Waals surface area contributed by atoms with E-state index in [9.17, 15) is 19.4 Å². The van der Waals surface area contributed by atoms with E-state index >= 15 is 0 Å². The highest BCUT2D eigenvalue weighted by atomic mass is 31.2. The van der Waals surface area contributed by atoms with E-state index in [0.717, 1.165) is 70.6 Å². The molecule has 0 saturated carbocycles. The molecule has 0 fully saturated rings. The summed E-state index contributed by atoms with van der Waals surface area (Å²) in [6.07, 6.45) is 89.0. The molecule has 1 amide bonds. The van der Waals surface area contributed by atoms with Gasteiger partial charge in [-0.25, -0.2) is 4.57 Å². The van der Waals surface area contributed by atoms with Crippen molar-refractivity contribution in [1.82, 2.24) is 5.32 Å². The number of carbonyl (C=O) groups is 1. The molecule has 8 nitrogen and oxygen atoms in total. The SMILES string of the molecule is CC/C=C\C/C=C\C/C=C\C/C=C\C/C=C\CCCCCCCCCCCCCCCCCC(=O)NC(COP(=O)(O)OCC[N+](C)(C)C)C(O)CCCCCCCCCCCCCCCCCCCCCCCCCCCCCCCC. The monoisotopic (exact) mass is 1190 g/mol. The third kappa shape index (κ3) is 67.6. The van der Waals surface area contributed by atoms with Crippen molar-refractivity contribution < 1.29 is 32.9 Å². The van der Waals surface area contributed by atoms with Gasteiger partial charge in [-0.1, -0.05) is 351 Å². The number of amides is 1. The van der Waals surface area contributed by atoms with Gasteiger partial charge in [0.1, 0.15) is 13.2 Å². The highest BCUT2D eigenvalue weighted by Crippen LogP contribution is 2.43. The van der Waals surface area contributed by atoms with E-state index in [1.54, 1.807) is 0 Å². The van der Waals surface area contributed by atoms with Gasteiger partial charge in [0.2, 0.25) is 5.91 Å². The lowest BCUT2D eigenvalue weighted by Crippen LogP contribution is -2.46. The number of nitrogens with one attached hydrogen (secondary N) is 1. The number of phosphoric ester groups is 1. The maximum absolute atomic E-state index is 13.1. The van der Waals surface area contributed by atoms with Gasteiger partial charge in [0.15, 0.2) is 0 Å². The Kier molecular flexibility index (Phi) is 63.3. The minimum atomic E-state index is -4.33. The predicted octanol–water partition coefficient (Wildman–Crippen LogP) is 23.2. The first-order chi connectivity index (χ1) is 40.5. The Labute approximate surface area is 517 Å². The van der Waals surface area contributed by atoms with Crippen LogP contribution in [0.2, 0.25) is 0 Å². The third-order valence-electron chi connectivity index (χ3n) is 16.5. The molecule has 3 unspecified atom stereocenters. The van der Waals surface area contributed by atoms with E-state index in [2.05, 4.69) is 79.9 Å². The van der Waals surface area contributed by atoms with Crippen LogP contribution in [-0.2, 0) is 18.4 Å². The number of quaternary nitrogens is 1. The third-order valence-corrected chi connectivity index (χ3v) is 17.5. The standard InChI is InChI=1S/C74H141N2O6P/c1-6-8-10-12-14-16-18-20-22-24-26-28-30-32-34-36-38-40-42-44-46-48-50-52-54-56-58-60-62-64-66-68-74(78)75-72(71-82-83(79,80)81-70-69-76(3,4)5)73(77)67-65-63-61-59-57-55-53-51-49-47-45-43-41-39-37-35-33-31-29-27-25-23-21-19-17-15-13-11-9-7-2/h8,10,14,16,20,22,26,28,32,34,72-73,77H,6-7,9,11-13,15,17-19,21,23-25,27,29-31,33,35-71H2,1-5H3,(H-,75,78,79,80)/p+1/b10-8-,16-14-,22-20-,28-26-,34-32-. The van der Waals surface area contributed by atoms with Gasteiger partial charge >= 0.3 is 7.82 Å². The van der Waals surface area contributed by atoms with Gasteiger partial charge in [-0.15, -0.1) is 0 Å². The molecule has 0 aliphatic heterocycles. The Morgan fingerprint density at radius 1 is 0.422 bits per heavy atom. The van der Waals surface area contributed by atoms with Gasteiger partial charge < -0.3 is 19.8 Å². The fourth-order valence-electron chi connectivity index (χ4n) is 11.0. The number of phosphoric acid groups is 1. The van der Waals surface area contributed by atoms with Crippen molar-refractivity contribution in [2.45, 2.75) is 366 Å². The molecule has 0 spiro atoms. The van der Waals surface area contributed by atoms with Crippen LogP contribution >= 0.6 is 7.82 Å². The van der Waals surface area contributed by atoms with Gasteiger partial charge in [0.05, 0.1) is 39.9 Å². The molecule has 3 atom stereocenters. The number of unbranched alkanes of at least 4 members (excludes halogenated alkanes) is 44. The molecule has 9 heteroatoms. The van der Waals surface area contributed by atoms with E-state index in [-0.39, 0.29) is 19.1 Å². The van der Waals surface area contributed by atoms with Crippen molar-refractivity contribution in [3.63, 3.8) is 0 Å². The number of carbonyl (C=O) groups excluding carboxylic acids is 1. The maximum Gasteiger partial charge on any atom is 0.472 e. The molecule has 0 aromatic heterocycles. The first-order valence-electron chi connectivity index (χ1n) is 36.2. The lowest BCUT2D eigenvalue weighted by atomic mass is 10.0. The largest absolute Gasteiger partial charge is 0.472 e. The lowest BCUT2D eigenvalue weighted by molar-refractivity contribution is -0.870. The number of aliphatic hydroxyl groups excluding tert-OH is 1. The molecular weight excluding hydrogens is 1040 g/mol. The van der Waals surface area contributed by atoms with Crippen molar-refractivity contribution in [2.75, 3.05) is 40.9 Å². The quantitative estimate of drug-likeness (QED) is 0.0243. The lowest BCUT2D eigenvalue weighted by Gasteiger charge is -2.26. The molecule has 83 heavy (non-hydrogen) atoms. The Morgan fingerprint density at radius 2 is 0.723 bits per heavy atom. The Hall–Kier alpha value is -1.80. The molecule has 0 aliphatic rings. The van der Waals surface area contributed by atoms with E-state index in [0.29, 0.717) is 23.9 Å². The molecule has 0 heterocycles. The smallest absolute Gasteiger partial charge is 0.391 e. The molecule has 3 N–H and O–H groups in total. The maximum atomic E-state index is 13.1. The number of nitrogens with zero attached hydrogens (tertiary/aromatic N) is 1. The molecule has 0 rings (SSSR count). The normalized spacial score (nSPS) is 14.0. The fraction of sp³-hybridized carbons (Fsp3) is 0.851. The second-order valence-electron chi connectivity index (χ2n) is 25.9. The van der Waals surface area contributed by atoms with Crippen molar-refractivity contribution in [3.8, 4) is 0 Å². The zero-order valence-electron chi connectivity index (χ0n) is 55.9. The van der Waals surface area contributed by atoms with E-state index < -0.39 is 20.0 Å². The van der Waals surface area contributed by atoms with Crippen LogP contribution in [0.4, 0.5) is 0 Å². The highest BCUT2D eigenvalue weighted by molar-refractivity contribution is 7.47. The molecular formula is C74H142N2O6P+. The first-order valence-corrected chi connectivity index (χ1v) is 37.6. The summed E-state index contributed by atoms with van der Waals surface area (Å²) in [6, 6.07) is -0.764. The molecule has 0 radical (unpaired) electrons. The summed E-state index contributed by atoms with van der Waals surface area (Å²) in [5.41, 5.74) is 0. The summed E-state index contributed by atoms with van der Waals surface area (Å²) in [4.78, 5) is 23.5. The van der Waals surface area contributed by atoms with E-state index in [1.807, 2.05) is 21.1 Å². The minimum absolute atomic E-state index is 0.0746. The fourth-order valence-corrected chi connectivity index (χ4v) is 11.7. The summed E-state index contributed by atoms with van der Waals surface area (Å²) < 4.78 is 23.9. The first kappa shape index (κ1) is 81.2. The van der Waals surface area contributed by atoms with Crippen LogP contribution in [-0.4, -0.2) is 73.4 Å². The van der Waals surface area contributed by atoms with E-state index in [1.165, 1.54) is 257 Å². The number of aliphatic hydroxyl groups is 1. The van der Waals surface area contributed by atoms with Gasteiger partial charge in [0, 0.05) is 6.42 Å². The Bertz CT molecular complexity index is 1540. The Morgan fingerprint density at radius 3 is 1.06 bits per heavy atom. The summed E-state index contributed by atoms with van der Waals surface area (Å²) in [7, 11) is 1.63. The molecule has 0 aliphatic carbocycles. The predicted molar refractivity (Wildman–Crippen MR) is 364 cm³/mol. The number of hydrogen-bond donors (Lipinski definition) is 3. The second kappa shape index (κ2) is 64.7. The molecule has 0 saturated heterocycles. The van der Waals surface area contributed by atoms with Gasteiger partial charge in [-0.3, -0.25) is 13.8 Å².